The topological polar surface area (TPSA) is 46.0 Å². The van der Waals surface area contributed by atoms with E-state index in [4.69, 9.17) is 23.2 Å². The van der Waals surface area contributed by atoms with Crippen LogP contribution >= 0.6 is 23.2 Å². The molecule has 1 aromatic carbocycles. The second-order valence-corrected chi connectivity index (χ2v) is 6.10. The lowest BCUT2D eigenvalue weighted by atomic mass is 10.2. The predicted octanol–water partition coefficient (Wildman–Crippen LogP) is 2.37. The molecule has 7 heteroatoms. The van der Waals surface area contributed by atoms with Crippen molar-refractivity contribution in [3.05, 3.63) is 40.1 Å². The molecule has 112 valence electrons. The van der Waals surface area contributed by atoms with Gasteiger partial charge in [-0.3, -0.25) is 4.90 Å². The molecule has 1 fully saturated rings. The monoisotopic (exact) mass is 325 g/mol. The molecule has 5 nitrogen and oxygen atoms in total. The van der Waals surface area contributed by atoms with E-state index in [1.165, 1.54) is 0 Å². The third-order valence-corrected chi connectivity index (χ3v) is 4.37. The van der Waals surface area contributed by atoms with Gasteiger partial charge in [0.05, 0.1) is 27.6 Å². The zero-order valence-electron chi connectivity index (χ0n) is 11.8. The van der Waals surface area contributed by atoms with Crippen molar-refractivity contribution in [3.63, 3.8) is 0 Å². The highest BCUT2D eigenvalue weighted by atomic mass is 35.5. The fourth-order valence-corrected chi connectivity index (χ4v) is 2.92. The van der Waals surface area contributed by atoms with Gasteiger partial charge in [-0.2, -0.15) is 0 Å². The van der Waals surface area contributed by atoms with Gasteiger partial charge in [-0.1, -0.05) is 34.5 Å². The summed E-state index contributed by atoms with van der Waals surface area (Å²) >= 11 is 12.2. The van der Waals surface area contributed by atoms with Gasteiger partial charge in [0.2, 0.25) is 0 Å². The summed E-state index contributed by atoms with van der Waals surface area (Å²) in [6.45, 7) is 6.04. The molecule has 1 aliphatic heterocycles. The summed E-state index contributed by atoms with van der Waals surface area (Å²) in [6.07, 6.45) is 1.91. The van der Waals surface area contributed by atoms with Crippen molar-refractivity contribution >= 4 is 23.2 Å². The maximum Gasteiger partial charge on any atom is 0.0971 e. The number of piperazine rings is 1. The van der Waals surface area contributed by atoms with Crippen molar-refractivity contribution in [2.75, 3.05) is 19.6 Å². The second kappa shape index (κ2) is 6.32. The minimum atomic E-state index is 0.492. The number of aromatic nitrogens is 3. The standard InChI is InChI=1S/C14H17Cl2N5/c1-10-7-20(6-5-17-10)8-11-9-21(19-18-11)13-4-2-3-12(15)14(13)16/h2-4,9-10,17H,5-8H2,1H3/t10-/m0/s1. The van der Waals surface area contributed by atoms with Gasteiger partial charge in [-0.05, 0) is 19.1 Å². The lowest BCUT2D eigenvalue weighted by Gasteiger charge is -2.30. The number of hydrogen-bond donors (Lipinski definition) is 1. The van der Waals surface area contributed by atoms with E-state index < -0.39 is 0 Å². The maximum atomic E-state index is 6.21. The Morgan fingerprint density at radius 3 is 3.05 bits per heavy atom. The van der Waals surface area contributed by atoms with Gasteiger partial charge in [0, 0.05) is 32.2 Å². The van der Waals surface area contributed by atoms with Crippen LogP contribution in [0.1, 0.15) is 12.6 Å². The summed E-state index contributed by atoms with van der Waals surface area (Å²) in [5.74, 6) is 0. The molecule has 0 bridgehead atoms. The number of benzene rings is 1. The van der Waals surface area contributed by atoms with Gasteiger partial charge in [-0.25, -0.2) is 4.68 Å². The van der Waals surface area contributed by atoms with Crippen molar-refractivity contribution < 1.29 is 0 Å². The van der Waals surface area contributed by atoms with Crippen LogP contribution in [0.3, 0.4) is 0 Å². The Labute approximate surface area is 133 Å². The molecule has 0 radical (unpaired) electrons. The van der Waals surface area contributed by atoms with Crippen molar-refractivity contribution in [3.8, 4) is 5.69 Å². The summed E-state index contributed by atoms with van der Waals surface area (Å²) in [5.41, 5.74) is 1.68. The molecule has 1 aromatic heterocycles. The largest absolute Gasteiger partial charge is 0.312 e. The van der Waals surface area contributed by atoms with Gasteiger partial charge >= 0.3 is 0 Å². The zero-order chi connectivity index (χ0) is 14.8. The fourth-order valence-electron chi connectivity index (χ4n) is 2.54. The third-order valence-electron chi connectivity index (χ3n) is 3.56. The Morgan fingerprint density at radius 1 is 1.38 bits per heavy atom. The van der Waals surface area contributed by atoms with Gasteiger partial charge in [-0.15, -0.1) is 5.10 Å². The molecule has 0 unspecified atom stereocenters. The summed E-state index contributed by atoms with van der Waals surface area (Å²) in [4.78, 5) is 2.37. The predicted molar refractivity (Wildman–Crippen MR) is 84.1 cm³/mol. The molecule has 21 heavy (non-hydrogen) atoms. The van der Waals surface area contributed by atoms with Crippen LogP contribution in [-0.2, 0) is 6.54 Å². The number of nitrogens with one attached hydrogen (secondary N) is 1. The smallest absolute Gasteiger partial charge is 0.0971 e. The zero-order valence-corrected chi connectivity index (χ0v) is 13.3. The van der Waals surface area contributed by atoms with E-state index in [9.17, 15) is 0 Å². The van der Waals surface area contributed by atoms with Crippen molar-refractivity contribution in [2.45, 2.75) is 19.5 Å². The molecule has 2 heterocycles. The van der Waals surface area contributed by atoms with Crippen LogP contribution in [0, 0.1) is 0 Å². The molecule has 0 amide bonds. The lowest BCUT2D eigenvalue weighted by molar-refractivity contribution is 0.197. The second-order valence-electron chi connectivity index (χ2n) is 5.32. The Morgan fingerprint density at radius 2 is 2.24 bits per heavy atom. The number of nitrogens with zero attached hydrogens (tertiary/aromatic N) is 4. The van der Waals surface area contributed by atoms with Crippen LogP contribution in [-0.4, -0.2) is 45.6 Å². The lowest BCUT2D eigenvalue weighted by Crippen LogP contribution is -2.48. The molecule has 0 spiro atoms. The number of hydrogen-bond acceptors (Lipinski definition) is 4. The van der Waals surface area contributed by atoms with E-state index in [1.807, 2.05) is 18.3 Å². The first-order chi connectivity index (χ1) is 10.1. The van der Waals surface area contributed by atoms with Crippen LogP contribution in [0.25, 0.3) is 5.69 Å². The van der Waals surface area contributed by atoms with E-state index in [0.29, 0.717) is 16.1 Å². The van der Waals surface area contributed by atoms with Crippen LogP contribution in [0.2, 0.25) is 10.0 Å². The summed E-state index contributed by atoms with van der Waals surface area (Å²) < 4.78 is 1.68. The molecule has 1 aliphatic rings. The molecule has 0 saturated carbocycles. The average molecular weight is 326 g/mol. The minimum absolute atomic E-state index is 0.492. The molecule has 0 aliphatic carbocycles. The van der Waals surface area contributed by atoms with E-state index >= 15 is 0 Å². The van der Waals surface area contributed by atoms with Crippen molar-refractivity contribution in [1.82, 2.24) is 25.2 Å². The van der Waals surface area contributed by atoms with Crippen molar-refractivity contribution in [1.29, 1.82) is 0 Å². The number of halogens is 2. The Balaban J connectivity index is 1.75. The molecule has 3 rings (SSSR count). The Kier molecular flexibility index (Phi) is 4.45. The summed E-state index contributed by atoms with van der Waals surface area (Å²) in [7, 11) is 0. The number of rotatable bonds is 3. The van der Waals surface area contributed by atoms with Gasteiger partial charge in [0.15, 0.2) is 0 Å². The van der Waals surface area contributed by atoms with Gasteiger partial charge in [0.1, 0.15) is 0 Å². The normalized spacial score (nSPS) is 19.9. The first-order valence-corrected chi connectivity index (χ1v) is 7.70. The molecule has 1 atom stereocenters. The van der Waals surface area contributed by atoms with Crippen LogP contribution < -0.4 is 5.32 Å². The highest BCUT2D eigenvalue weighted by Gasteiger charge is 2.17. The van der Waals surface area contributed by atoms with Crippen LogP contribution in [0.15, 0.2) is 24.4 Å². The maximum absolute atomic E-state index is 6.21. The summed E-state index contributed by atoms with van der Waals surface area (Å²) in [5, 5.41) is 12.8. The summed E-state index contributed by atoms with van der Waals surface area (Å²) in [6, 6.07) is 5.99. The van der Waals surface area contributed by atoms with Gasteiger partial charge in [0.25, 0.3) is 0 Å². The van der Waals surface area contributed by atoms with Crippen LogP contribution in [0.4, 0.5) is 0 Å². The van der Waals surface area contributed by atoms with Gasteiger partial charge < -0.3 is 5.32 Å². The average Bonchev–Trinajstić information content (AvgIpc) is 2.90. The SMILES string of the molecule is C[C@H]1CN(Cc2cn(-c3cccc(Cl)c3Cl)nn2)CCN1. The van der Waals surface area contributed by atoms with E-state index in [2.05, 4.69) is 27.5 Å². The molecule has 1 saturated heterocycles. The van der Waals surface area contributed by atoms with Crippen molar-refractivity contribution in [2.24, 2.45) is 0 Å². The van der Waals surface area contributed by atoms with E-state index in [-0.39, 0.29) is 0 Å². The Bertz CT molecular complexity index is 628. The highest BCUT2D eigenvalue weighted by molar-refractivity contribution is 6.43. The fraction of sp³-hybridized carbons (Fsp3) is 0.429. The molecule has 2 aromatic rings. The minimum Gasteiger partial charge on any atom is -0.312 e. The Hall–Kier alpha value is -1.14. The van der Waals surface area contributed by atoms with E-state index in [0.717, 1.165) is 37.6 Å². The van der Waals surface area contributed by atoms with Crippen LogP contribution in [0.5, 0.6) is 0 Å². The molecular formula is C14H17Cl2N5. The quantitative estimate of drug-likeness (QED) is 0.941. The molecular weight excluding hydrogens is 309 g/mol. The first-order valence-electron chi connectivity index (χ1n) is 6.95. The molecule has 1 N–H and O–H groups in total. The third kappa shape index (κ3) is 3.37. The first kappa shape index (κ1) is 14.8. The highest BCUT2D eigenvalue weighted by Crippen LogP contribution is 2.27. The van der Waals surface area contributed by atoms with E-state index in [1.54, 1.807) is 10.7 Å².